The summed E-state index contributed by atoms with van der Waals surface area (Å²) in [5, 5.41) is 1.46. The average Bonchev–Trinajstić information content (AvgIpc) is 2.93. The molecule has 0 aliphatic carbocycles. The highest BCUT2D eigenvalue weighted by Crippen LogP contribution is 2.38. The predicted molar refractivity (Wildman–Crippen MR) is 106 cm³/mol. The van der Waals surface area contributed by atoms with Crippen LogP contribution in [0, 0.1) is 13.8 Å². The van der Waals surface area contributed by atoms with Gasteiger partial charge >= 0.3 is 0 Å². The second-order valence-electron chi connectivity index (χ2n) is 7.63. The van der Waals surface area contributed by atoms with E-state index in [4.69, 9.17) is 0 Å². The molecule has 4 rings (SSSR count). The highest BCUT2D eigenvalue weighted by Gasteiger charge is 2.28. The summed E-state index contributed by atoms with van der Waals surface area (Å²) in [7, 11) is 2.25. The molecule has 0 saturated carbocycles. The fourth-order valence-electron chi connectivity index (χ4n) is 4.34. The number of fused-ring (bicyclic) bond motifs is 3. The first-order valence-corrected chi connectivity index (χ1v) is 9.42. The summed E-state index contributed by atoms with van der Waals surface area (Å²) >= 11 is 0. The van der Waals surface area contributed by atoms with Gasteiger partial charge in [0.15, 0.2) is 0 Å². The molecule has 2 nitrogen and oxygen atoms in total. The zero-order chi connectivity index (χ0) is 17.6. The van der Waals surface area contributed by atoms with Crippen LogP contribution >= 0.6 is 0 Å². The van der Waals surface area contributed by atoms with E-state index in [1.807, 2.05) is 0 Å². The van der Waals surface area contributed by atoms with Crippen molar-refractivity contribution in [1.29, 1.82) is 0 Å². The van der Waals surface area contributed by atoms with Crippen LogP contribution in [0.4, 0.5) is 0 Å². The number of aromatic nitrogens is 1. The fourth-order valence-corrected chi connectivity index (χ4v) is 4.34. The molecule has 2 heterocycles. The van der Waals surface area contributed by atoms with Crippen LogP contribution in [-0.2, 0) is 19.4 Å². The van der Waals surface area contributed by atoms with Gasteiger partial charge < -0.3 is 4.57 Å². The van der Waals surface area contributed by atoms with E-state index in [9.17, 15) is 0 Å². The first kappa shape index (κ1) is 16.4. The maximum absolute atomic E-state index is 2.61. The molecule has 1 aromatic heterocycles. The van der Waals surface area contributed by atoms with E-state index in [0.29, 0.717) is 6.04 Å². The third-order valence-corrected chi connectivity index (χ3v) is 5.96. The number of rotatable bonds is 3. The maximum atomic E-state index is 2.61. The van der Waals surface area contributed by atoms with Crippen LogP contribution in [0.1, 0.15) is 40.9 Å². The summed E-state index contributed by atoms with van der Waals surface area (Å²) in [6.45, 7) is 8.97. The minimum atomic E-state index is 0.494. The average molecular weight is 332 g/mol. The Morgan fingerprint density at radius 3 is 2.56 bits per heavy atom. The first-order chi connectivity index (χ1) is 12.1. The maximum Gasteiger partial charge on any atom is 0.0515 e. The summed E-state index contributed by atoms with van der Waals surface area (Å²) in [5.41, 5.74) is 8.71. The Balaban J connectivity index is 1.79. The zero-order valence-electron chi connectivity index (χ0n) is 15.8. The number of aryl methyl sites for hydroxylation is 4. The third-order valence-electron chi connectivity index (χ3n) is 5.96. The van der Waals surface area contributed by atoms with E-state index in [1.54, 1.807) is 11.3 Å². The minimum Gasteiger partial charge on any atom is -0.344 e. The second-order valence-corrected chi connectivity index (χ2v) is 7.63. The molecule has 3 aromatic rings. The van der Waals surface area contributed by atoms with Gasteiger partial charge in [-0.15, -0.1) is 0 Å². The van der Waals surface area contributed by atoms with E-state index < -0.39 is 0 Å². The Labute approximate surface area is 151 Å². The lowest BCUT2D eigenvalue weighted by molar-refractivity contribution is 0.245. The molecule has 0 saturated heterocycles. The summed E-state index contributed by atoms with van der Waals surface area (Å²) in [6, 6.07) is 16.3. The van der Waals surface area contributed by atoms with Gasteiger partial charge in [-0.05, 0) is 50.9 Å². The van der Waals surface area contributed by atoms with E-state index in [-0.39, 0.29) is 0 Å². The second kappa shape index (κ2) is 6.34. The molecule has 0 N–H and O–H groups in total. The van der Waals surface area contributed by atoms with Crippen molar-refractivity contribution in [2.45, 2.75) is 46.2 Å². The lowest BCUT2D eigenvalue weighted by Crippen LogP contribution is -2.31. The highest BCUT2D eigenvalue weighted by molar-refractivity contribution is 5.89. The monoisotopic (exact) mass is 332 g/mol. The Kier molecular flexibility index (Phi) is 4.16. The van der Waals surface area contributed by atoms with Gasteiger partial charge in [0, 0.05) is 36.6 Å². The van der Waals surface area contributed by atoms with Gasteiger partial charge in [-0.25, -0.2) is 0 Å². The Bertz CT molecular complexity index is 902. The summed E-state index contributed by atoms with van der Waals surface area (Å²) in [4.78, 5) is 2.48. The summed E-state index contributed by atoms with van der Waals surface area (Å²) in [6.07, 6.45) is 2.24. The van der Waals surface area contributed by atoms with Crippen molar-refractivity contribution < 1.29 is 0 Å². The molecule has 0 fully saturated rings. The zero-order valence-corrected chi connectivity index (χ0v) is 15.8. The van der Waals surface area contributed by atoms with Crippen LogP contribution in [0.25, 0.3) is 10.9 Å². The minimum absolute atomic E-state index is 0.494. The molecule has 0 amide bonds. The lowest BCUT2D eigenvalue weighted by Gasteiger charge is -2.31. The van der Waals surface area contributed by atoms with Gasteiger partial charge in [0.2, 0.25) is 0 Å². The van der Waals surface area contributed by atoms with Crippen molar-refractivity contribution in [2.24, 2.45) is 0 Å². The molecule has 2 heteroatoms. The van der Waals surface area contributed by atoms with Crippen LogP contribution in [-0.4, -0.2) is 23.1 Å². The van der Waals surface area contributed by atoms with Gasteiger partial charge in [-0.1, -0.05) is 48.0 Å². The molecule has 1 atom stereocenters. The molecule has 0 bridgehead atoms. The Morgan fingerprint density at radius 2 is 1.80 bits per heavy atom. The van der Waals surface area contributed by atoms with Gasteiger partial charge in [0.25, 0.3) is 0 Å². The third kappa shape index (κ3) is 2.79. The number of likely N-dealkylation sites (N-methyl/N-ethyl adjacent to an activating group) is 1. The predicted octanol–water partition coefficient (Wildman–Crippen LogP) is 5.05. The van der Waals surface area contributed by atoms with Crippen LogP contribution in [0.3, 0.4) is 0 Å². The van der Waals surface area contributed by atoms with E-state index >= 15 is 0 Å². The van der Waals surface area contributed by atoms with E-state index in [0.717, 1.165) is 25.9 Å². The molecular weight excluding hydrogens is 304 g/mol. The van der Waals surface area contributed by atoms with Crippen molar-refractivity contribution >= 4 is 10.9 Å². The van der Waals surface area contributed by atoms with Crippen molar-refractivity contribution in [3.05, 3.63) is 70.4 Å². The van der Waals surface area contributed by atoms with Gasteiger partial charge in [-0.3, -0.25) is 4.90 Å². The summed E-state index contributed by atoms with van der Waals surface area (Å²) < 4.78 is 2.61. The molecule has 0 spiro atoms. The van der Waals surface area contributed by atoms with Crippen LogP contribution < -0.4 is 0 Å². The normalized spacial score (nSPS) is 17.8. The van der Waals surface area contributed by atoms with Crippen LogP contribution in [0.15, 0.2) is 42.5 Å². The molecule has 1 unspecified atom stereocenters. The number of hydrogen-bond acceptors (Lipinski definition) is 1. The number of para-hydroxylation sites is 1. The van der Waals surface area contributed by atoms with Crippen LogP contribution in [0.5, 0.6) is 0 Å². The SMILES string of the molecule is Cc1ccc(CCn2c3c(c4cccc(C)c42)C(C)N(C)CC3)cc1. The van der Waals surface area contributed by atoms with Gasteiger partial charge in [0.05, 0.1) is 5.52 Å². The van der Waals surface area contributed by atoms with Crippen LogP contribution in [0.2, 0.25) is 0 Å². The largest absolute Gasteiger partial charge is 0.344 e. The summed E-state index contributed by atoms with van der Waals surface area (Å²) in [5.74, 6) is 0. The fraction of sp³-hybridized carbons (Fsp3) is 0.391. The van der Waals surface area contributed by atoms with Gasteiger partial charge in [-0.2, -0.15) is 0 Å². The Hall–Kier alpha value is -2.06. The van der Waals surface area contributed by atoms with E-state index in [1.165, 1.54) is 27.6 Å². The van der Waals surface area contributed by atoms with Crippen molar-refractivity contribution in [2.75, 3.05) is 13.6 Å². The molecular formula is C23H28N2. The Morgan fingerprint density at radius 1 is 1.04 bits per heavy atom. The van der Waals surface area contributed by atoms with Gasteiger partial charge in [0.1, 0.15) is 0 Å². The number of benzene rings is 2. The quantitative estimate of drug-likeness (QED) is 0.651. The van der Waals surface area contributed by atoms with Crippen molar-refractivity contribution in [3.8, 4) is 0 Å². The number of nitrogens with zero attached hydrogens (tertiary/aromatic N) is 2. The molecule has 25 heavy (non-hydrogen) atoms. The highest BCUT2D eigenvalue weighted by atomic mass is 15.1. The molecule has 2 aromatic carbocycles. The molecule has 1 aliphatic heterocycles. The smallest absolute Gasteiger partial charge is 0.0515 e. The standard InChI is InChI=1S/C23H28N2/c1-16-8-10-19(11-9-16)12-15-25-21-13-14-24(4)18(3)22(21)20-7-5-6-17(2)23(20)25/h5-11,18H,12-15H2,1-4H3. The van der Waals surface area contributed by atoms with E-state index in [2.05, 4.69) is 79.8 Å². The van der Waals surface area contributed by atoms with Crippen molar-refractivity contribution in [1.82, 2.24) is 9.47 Å². The molecule has 0 radical (unpaired) electrons. The first-order valence-electron chi connectivity index (χ1n) is 9.42. The molecule has 1 aliphatic rings. The molecule has 130 valence electrons. The van der Waals surface area contributed by atoms with Crippen molar-refractivity contribution in [3.63, 3.8) is 0 Å². The number of hydrogen-bond donors (Lipinski definition) is 0. The topological polar surface area (TPSA) is 8.17 Å². The lowest BCUT2D eigenvalue weighted by atomic mass is 9.97.